The number of anilines is 1. The van der Waals surface area contributed by atoms with Gasteiger partial charge in [-0.1, -0.05) is 0 Å². The van der Waals surface area contributed by atoms with Crippen molar-refractivity contribution in [2.24, 2.45) is 0 Å². The second kappa shape index (κ2) is 4.63. The molecule has 0 aromatic heterocycles. The third-order valence-electron chi connectivity index (χ3n) is 3.05. The van der Waals surface area contributed by atoms with E-state index in [-0.39, 0.29) is 0 Å². The zero-order valence-corrected chi connectivity index (χ0v) is 11.2. The summed E-state index contributed by atoms with van der Waals surface area (Å²) in [4.78, 5) is 2.25. The van der Waals surface area contributed by atoms with E-state index < -0.39 is 0 Å². The fourth-order valence-electron chi connectivity index (χ4n) is 1.85. The molecule has 1 aromatic rings. The second-order valence-electron chi connectivity index (χ2n) is 4.52. The third kappa shape index (κ3) is 2.50. The van der Waals surface area contributed by atoms with Gasteiger partial charge in [0.1, 0.15) is 11.9 Å². The highest BCUT2D eigenvalue weighted by Gasteiger charge is 2.32. The van der Waals surface area contributed by atoms with Crippen LogP contribution < -0.4 is 10.5 Å². The van der Waals surface area contributed by atoms with Crippen molar-refractivity contribution in [3.63, 3.8) is 0 Å². The number of hydrogen-bond acceptors (Lipinski definition) is 3. The monoisotopic (exact) mass is 284 g/mol. The quantitative estimate of drug-likeness (QED) is 0.867. The molecule has 3 nitrogen and oxygen atoms in total. The van der Waals surface area contributed by atoms with Crippen LogP contribution in [0.3, 0.4) is 0 Å². The fourth-order valence-corrected chi connectivity index (χ4v) is 2.34. The van der Waals surface area contributed by atoms with Gasteiger partial charge in [0.2, 0.25) is 0 Å². The number of nitrogen functional groups attached to an aromatic ring is 1. The Bertz CT molecular complexity index is 375. The van der Waals surface area contributed by atoms with E-state index in [1.165, 1.54) is 0 Å². The molecule has 4 heteroatoms. The molecule has 0 atom stereocenters. The smallest absolute Gasteiger partial charge is 0.134 e. The molecule has 16 heavy (non-hydrogen) atoms. The summed E-state index contributed by atoms with van der Waals surface area (Å²) in [5.41, 5.74) is 6.42. The van der Waals surface area contributed by atoms with Gasteiger partial charge >= 0.3 is 0 Å². The van der Waals surface area contributed by atoms with E-state index in [1.807, 2.05) is 18.2 Å². The summed E-state index contributed by atoms with van der Waals surface area (Å²) >= 11 is 3.46. The highest BCUT2D eigenvalue weighted by molar-refractivity contribution is 9.10. The fraction of sp³-hybridized carbons (Fsp3) is 0.500. The Morgan fingerprint density at radius 3 is 2.62 bits per heavy atom. The van der Waals surface area contributed by atoms with Crippen LogP contribution in [0.1, 0.15) is 12.8 Å². The average Bonchev–Trinajstić information content (AvgIpc) is 2.12. The van der Waals surface area contributed by atoms with Gasteiger partial charge in [0.05, 0.1) is 4.47 Å². The van der Waals surface area contributed by atoms with Crippen molar-refractivity contribution >= 4 is 21.6 Å². The lowest BCUT2D eigenvalue weighted by molar-refractivity contribution is 0.0396. The first kappa shape index (κ1) is 11.7. The van der Waals surface area contributed by atoms with Crippen LogP contribution in [0.2, 0.25) is 0 Å². The molecule has 0 heterocycles. The predicted octanol–water partition coefficient (Wildman–Crippen LogP) is 2.50. The summed E-state index contributed by atoms with van der Waals surface area (Å²) in [6.07, 6.45) is 2.54. The number of nitrogens with zero attached hydrogens (tertiary/aromatic N) is 1. The van der Waals surface area contributed by atoms with Crippen LogP contribution >= 0.6 is 15.9 Å². The zero-order valence-electron chi connectivity index (χ0n) is 9.61. The molecule has 0 aliphatic heterocycles. The minimum atomic E-state index is 0.340. The first-order valence-electron chi connectivity index (χ1n) is 5.44. The lowest BCUT2D eigenvalue weighted by Gasteiger charge is -2.39. The number of hydrogen-bond donors (Lipinski definition) is 1. The zero-order chi connectivity index (χ0) is 11.7. The van der Waals surface area contributed by atoms with E-state index in [9.17, 15) is 0 Å². The average molecular weight is 285 g/mol. The molecule has 1 fully saturated rings. The summed E-state index contributed by atoms with van der Waals surface area (Å²) in [5, 5.41) is 0. The van der Waals surface area contributed by atoms with Crippen molar-refractivity contribution < 1.29 is 4.74 Å². The van der Waals surface area contributed by atoms with Crippen LogP contribution in [0.4, 0.5) is 5.69 Å². The summed E-state index contributed by atoms with van der Waals surface area (Å²) < 4.78 is 6.82. The van der Waals surface area contributed by atoms with Crippen LogP contribution in [0, 0.1) is 0 Å². The van der Waals surface area contributed by atoms with Crippen LogP contribution in [-0.2, 0) is 0 Å². The van der Waals surface area contributed by atoms with E-state index in [2.05, 4.69) is 34.9 Å². The highest BCUT2D eigenvalue weighted by Crippen LogP contribution is 2.33. The van der Waals surface area contributed by atoms with Crippen LogP contribution in [0.5, 0.6) is 5.75 Å². The van der Waals surface area contributed by atoms with E-state index >= 15 is 0 Å². The van der Waals surface area contributed by atoms with Crippen molar-refractivity contribution in [1.29, 1.82) is 0 Å². The Labute approximate surface area is 105 Å². The number of ether oxygens (including phenoxy) is 1. The maximum atomic E-state index is 5.89. The lowest BCUT2D eigenvalue weighted by atomic mass is 9.88. The molecule has 0 radical (unpaired) electrons. The molecular formula is C12H17BrN2O. The van der Waals surface area contributed by atoms with E-state index in [0.29, 0.717) is 12.1 Å². The first-order valence-corrected chi connectivity index (χ1v) is 6.23. The number of rotatable bonds is 3. The Morgan fingerprint density at radius 2 is 2.06 bits per heavy atom. The molecule has 1 aromatic carbocycles. The van der Waals surface area contributed by atoms with Gasteiger partial charge in [0.15, 0.2) is 0 Å². The molecule has 1 saturated carbocycles. The molecular weight excluding hydrogens is 268 g/mol. The summed E-state index contributed by atoms with van der Waals surface area (Å²) in [5.74, 6) is 0.886. The Hall–Kier alpha value is -0.740. The van der Waals surface area contributed by atoms with Crippen molar-refractivity contribution in [2.75, 3.05) is 19.8 Å². The molecule has 2 rings (SSSR count). The maximum absolute atomic E-state index is 5.89. The van der Waals surface area contributed by atoms with Gasteiger partial charge in [0.25, 0.3) is 0 Å². The molecule has 0 bridgehead atoms. The number of nitrogens with two attached hydrogens (primary N) is 1. The van der Waals surface area contributed by atoms with Crippen LogP contribution in [0.25, 0.3) is 0 Å². The van der Waals surface area contributed by atoms with Crippen molar-refractivity contribution in [1.82, 2.24) is 4.90 Å². The molecule has 0 saturated heterocycles. The SMILES string of the molecule is CN(C)C1CC(Oc2ccc(N)cc2Br)C1. The molecule has 1 aliphatic carbocycles. The largest absolute Gasteiger partial charge is 0.489 e. The molecule has 2 N–H and O–H groups in total. The summed E-state index contributed by atoms with van der Waals surface area (Å²) in [7, 11) is 4.22. The topological polar surface area (TPSA) is 38.5 Å². The molecule has 0 spiro atoms. The van der Waals surface area contributed by atoms with E-state index in [1.54, 1.807) is 0 Å². The third-order valence-corrected chi connectivity index (χ3v) is 3.67. The van der Waals surface area contributed by atoms with Gasteiger partial charge in [-0.3, -0.25) is 0 Å². The Balaban J connectivity index is 1.91. The summed E-state index contributed by atoms with van der Waals surface area (Å²) in [6.45, 7) is 0. The second-order valence-corrected chi connectivity index (χ2v) is 5.37. The standard InChI is InChI=1S/C12H17BrN2O/c1-15(2)9-6-10(7-9)16-12-4-3-8(14)5-11(12)13/h3-5,9-10H,6-7,14H2,1-2H3. The Kier molecular flexibility index (Phi) is 3.40. The van der Waals surface area contributed by atoms with Crippen molar-refractivity contribution in [3.8, 4) is 5.75 Å². The highest BCUT2D eigenvalue weighted by atomic mass is 79.9. The minimum Gasteiger partial charge on any atom is -0.489 e. The van der Waals surface area contributed by atoms with E-state index in [0.717, 1.165) is 28.8 Å². The first-order chi connectivity index (χ1) is 7.56. The van der Waals surface area contributed by atoms with Gasteiger partial charge in [-0.15, -0.1) is 0 Å². The van der Waals surface area contributed by atoms with E-state index in [4.69, 9.17) is 10.5 Å². The lowest BCUT2D eigenvalue weighted by Crippen LogP contribution is -2.46. The molecule has 0 amide bonds. The van der Waals surface area contributed by atoms with Gasteiger partial charge in [-0.2, -0.15) is 0 Å². The molecule has 1 aliphatic rings. The molecule has 0 unspecified atom stereocenters. The molecule has 88 valence electrons. The Morgan fingerprint density at radius 1 is 1.38 bits per heavy atom. The predicted molar refractivity (Wildman–Crippen MR) is 69.7 cm³/mol. The minimum absolute atomic E-state index is 0.340. The summed E-state index contributed by atoms with van der Waals surface area (Å²) in [6, 6.07) is 6.32. The number of halogens is 1. The maximum Gasteiger partial charge on any atom is 0.134 e. The van der Waals surface area contributed by atoms with Crippen molar-refractivity contribution in [3.05, 3.63) is 22.7 Å². The van der Waals surface area contributed by atoms with Gasteiger partial charge in [-0.05, 0) is 61.1 Å². The van der Waals surface area contributed by atoms with Crippen molar-refractivity contribution in [2.45, 2.75) is 25.0 Å². The van der Waals surface area contributed by atoms with Crippen LogP contribution in [-0.4, -0.2) is 31.1 Å². The van der Waals surface area contributed by atoms with Gasteiger partial charge < -0.3 is 15.4 Å². The normalized spacial score (nSPS) is 24.2. The van der Waals surface area contributed by atoms with Gasteiger partial charge in [0, 0.05) is 11.7 Å². The van der Waals surface area contributed by atoms with Gasteiger partial charge in [-0.25, -0.2) is 0 Å². The van der Waals surface area contributed by atoms with Crippen LogP contribution in [0.15, 0.2) is 22.7 Å². The number of benzene rings is 1.